The zero-order valence-corrected chi connectivity index (χ0v) is 26.0. The van der Waals surface area contributed by atoms with Crippen molar-refractivity contribution in [3.8, 4) is 0 Å². The summed E-state index contributed by atoms with van der Waals surface area (Å²) in [6, 6.07) is 27.0. The molecule has 4 atom stereocenters. The standard InChI is InChI=1S/C34H37FN4O4Si/c1-34(2,3)44(25-13-6-4-7-14-25,26-15-8-5-9-16-26)42-20-28-30(40)31(41)33(43-28)39-22-38-29-27(36-21-37-32(29)39)18-17-23-11-10-12-24(35)19-23/h4-16,19,21-22,28,30-31,33,40-41H,17-18,20H2,1-3H3/t28-,30-,31-,33-/m1/s1. The SMILES string of the molecule is CC(C)(C)[Si](OC[C@H]1O[C@@H](n2cnc3c(CCc4cccc(F)c4)ncnc32)[C@H](O)[C@@H]1O)(c1ccccc1)c1ccccc1. The number of rotatable bonds is 9. The first-order valence-electron chi connectivity index (χ1n) is 14.9. The number of aliphatic hydroxyl groups excluding tert-OH is 2. The summed E-state index contributed by atoms with van der Waals surface area (Å²) in [6.45, 7) is 6.65. The lowest BCUT2D eigenvalue weighted by atomic mass is 10.1. The minimum absolute atomic E-state index is 0.0858. The maximum absolute atomic E-state index is 13.7. The number of halogens is 1. The van der Waals surface area contributed by atoms with Crippen molar-refractivity contribution in [2.45, 2.75) is 63.2 Å². The molecule has 10 heteroatoms. The van der Waals surface area contributed by atoms with Crippen LogP contribution in [0.2, 0.25) is 5.04 Å². The molecule has 44 heavy (non-hydrogen) atoms. The molecule has 0 bridgehead atoms. The highest BCUT2D eigenvalue weighted by Crippen LogP contribution is 2.38. The number of nitrogens with zero attached hydrogens (tertiary/aromatic N) is 4. The van der Waals surface area contributed by atoms with Crippen molar-refractivity contribution in [2.24, 2.45) is 0 Å². The van der Waals surface area contributed by atoms with E-state index in [0.717, 1.165) is 15.9 Å². The molecule has 1 aliphatic heterocycles. The Morgan fingerprint density at radius 3 is 2.18 bits per heavy atom. The van der Waals surface area contributed by atoms with Crippen LogP contribution >= 0.6 is 0 Å². The lowest BCUT2D eigenvalue weighted by Gasteiger charge is -2.43. The second kappa shape index (κ2) is 12.3. The van der Waals surface area contributed by atoms with Crippen LogP contribution in [-0.4, -0.2) is 63.0 Å². The van der Waals surface area contributed by atoms with Gasteiger partial charge in [0.1, 0.15) is 36.0 Å². The first kappa shape index (κ1) is 30.2. The Bertz CT molecular complexity index is 1670. The Kier molecular flexibility index (Phi) is 8.45. The molecule has 6 rings (SSSR count). The number of hydrogen-bond acceptors (Lipinski definition) is 7. The highest BCUT2D eigenvalue weighted by molar-refractivity contribution is 6.99. The summed E-state index contributed by atoms with van der Waals surface area (Å²) in [4.78, 5) is 13.4. The minimum Gasteiger partial charge on any atom is -0.405 e. The van der Waals surface area contributed by atoms with Gasteiger partial charge in [-0.1, -0.05) is 93.6 Å². The van der Waals surface area contributed by atoms with E-state index in [1.54, 1.807) is 17.0 Å². The second-order valence-corrected chi connectivity index (χ2v) is 16.6. The van der Waals surface area contributed by atoms with E-state index >= 15 is 0 Å². The van der Waals surface area contributed by atoms with Gasteiger partial charge in [-0.25, -0.2) is 19.3 Å². The van der Waals surface area contributed by atoms with Gasteiger partial charge in [0.15, 0.2) is 11.9 Å². The van der Waals surface area contributed by atoms with Crippen LogP contribution in [0.3, 0.4) is 0 Å². The quantitative estimate of drug-likeness (QED) is 0.243. The van der Waals surface area contributed by atoms with E-state index in [2.05, 4.69) is 60.0 Å². The van der Waals surface area contributed by atoms with E-state index in [1.807, 2.05) is 42.5 Å². The minimum atomic E-state index is -2.88. The molecule has 0 spiro atoms. The van der Waals surface area contributed by atoms with Gasteiger partial charge >= 0.3 is 0 Å². The Morgan fingerprint density at radius 2 is 1.55 bits per heavy atom. The molecule has 228 valence electrons. The fourth-order valence-corrected chi connectivity index (χ4v) is 10.9. The van der Waals surface area contributed by atoms with Crippen molar-refractivity contribution in [3.05, 3.63) is 115 Å². The average Bonchev–Trinajstić information content (AvgIpc) is 3.57. The van der Waals surface area contributed by atoms with Crippen molar-refractivity contribution < 1.29 is 23.8 Å². The van der Waals surface area contributed by atoms with E-state index in [0.29, 0.717) is 29.7 Å². The fraction of sp³-hybridized carbons (Fsp3) is 0.324. The van der Waals surface area contributed by atoms with E-state index in [-0.39, 0.29) is 17.5 Å². The lowest BCUT2D eigenvalue weighted by molar-refractivity contribution is -0.0486. The Labute approximate surface area is 257 Å². The van der Waals surface area contributed by atoms with Crippen LogP contribution in [0.5, 0.6) is 0 Å². The van der Waals surface area contributed by atoms with Gasteiger partial charge in [0, 0.05) is 0 Å². The van der Waals surface area contributed by atoms with Crippen molar-refractivity contribution in [1.29, 1.82) is 0 Å². The summed E-state index contributed by atoms with van der Waals surface area (Å²) in [7, 11) is -2.88. The van der Waals surface area contributed by atoms with Gasteiger partial charge in [-0.15, -0.1) is 0 Å². The number of aliphatic hydroxyl groups is 2. The summed E-state index contributed by atoms with van der Waals surface area (Å²) in [6.07, 6.45) is -0.0159. The molecule has 0 amide bonds. The van der Waals surface area contributed by atoms with E-state index in [1.165, 1.54) is 18.5 Å². The van der Waals surface area contributed by atoms with Crippen LogP contribution in [-0.2, 0) is 22.0 Å². The lowest BCUT2D eigenvalue weighted by Crippen LogP contribution is -2.67. The molecule has 1 fully saturated rings. The first-order valence-corrected chi connectivity index (χ1v) is 16.8. The monoisotopic (exact) mass is 612 g/mol. The predicted molar refractivity (Wildman–Crippen MR) is 169 cm³/mol. The molecule has 1 aliphatic rings. The maximum atomic E-state index is 13.7. The van der Waals surface area contributed by atoms with Crippen LogP contribution in [0.4, 0.5) is 4.39 Å². The zero-order chi connectivity index (χ0) is 30.9. The summed E-state index contributed by atoms with van der Waals surface area (Å²) in [5.41, 5.74) is 2.62. The first-order chi connectivity index (χ1) is 21.2. The molecular weight excluding hydrogens is 575 g/mol. The van der Waals surface area contributed by atoms with E-state index in [4.69, 9.17) is 9.16 Å². The highest BCUT2D eigenvalue weighted by Gasteiger charge is 2.52. The number of aromatic nitrogens is 4. The molecule has 3 heterocycles. The molecule has 0 unspecified atom stereocenters. The molecule has 0 saturated carbocycles. The van der Waals surface area contributed by atoms with Gasteiger partial charge < -0.3 is 19.4 Å². The Balaban J connectivity index is 1.26. The number of imidazole rings is 1. The molecule has 5 aromatic rings. The Hall–Kier alpha value is -3.80. The van der Waals surface area contributed by atoms with Crippen molar-refractivity contribution in [1.82, 2.24) is 19.5 Å². The van der Waals surface area contributed by atoms with E-state index in [9.17, 15) is 14.6 Å². The fourth-order valence-electron chi connectivity index (χ4n) is 6.29. The van der Waals surface area contributed by atoms with Crippen LogP contribution < -0.4 is 10.4 Å². The molecule has 0 radical (unpaired) electrons. The number of ether oxygens (including phenoxy) is 1. The molecular formula is C34H37FN4O4Si. The predicted octanol–water partition coefficient (Wildman–Crippen LogP) is 3.95. The third-order valence-electron chi connectivity index (χ3n) is 8.47. The van der Waals surface area contributed by atoms with Gasteiger partial charge in [-0.05, 0) is 45.9 Å². The zero-order valence-electron chi connectivity index (χ0n) is 25.0. The molecule has 2 aromatic heterocycles. The summed E-state index contributed by atoms with van der Waals surface area (Å²) < 4.78 is 28.6. The summed E-state index contributed by atoms with van der Waals surface area (Å²) in [5, 5.41) is 24.4. The van der Waals surface area contributed by atoms with Gasteiger partial charge in [-0.2, -0.15) is 0 Å². The van der Waals surface area contributed by atoms with Crippen molar-refractivity contribution >= 4 is 29.9 Å². The Morgan fingerprint density at radius 1 is 0.864 bits per heavy atom. The third kappa shape index (κ3) is 5.59. The average molecular weight is 613 g/mol. The smallest absolute Gasteiger partial charge is 0.261 e. The number of hydrogen-bond donors (Lipinski definition) is 2. The van der Waals surface area contributed by atoms with Crippen molar-refractivity contribution in [2.75, 3.05) is 6.61 Å². The molecule has 8 nitrogen and oxygen atoms in total. The van der Waals surface area contributed by atoms with Crippen molar-refractivity contribution in [3.63, 3.8) is 0 Å². The third-order valence-corrected chi connectivity index (χ3v) is 13.5. The molecule has 2 N–H and O–H groups in total. The topological polar surface area (TPSA) is 103 Å². The van der Waals surface area contributed by atoms with E-state index < -0.39 is 32.9 Å². The largest absolute Gasteiger partial charge is 0.405 e. The van der Waals surface area contributed by atoms with Gasteiger partial charge in [0.05, 0.1) is 18.6 Å². The van der Waals surface area contributed by atoms with Crippen LogP contribution in [0.1, 0.15) is 38.3 Å². The number of fused-ring (bicyclic) bond motifs is 1. The van der Waals surface area contributed by atoms with Crippen LogP contribution in [0.25, 0.3) is 11.2 Å². The second-order valence-electron chi connectivity index (χ2n) is 12.3. The highest BCUT2D eigenvalue weighted by atomic mass is 28.4. The molecule has 3 aromatic carbocycles. The maximum Gasteiger partial charge on any atom is 0.261 e. The normalized spacial score (nSPS) is 20.8. The van der Waals surface area contributed by atoms with Gasteiger partial charge in [-0.3, -0.25) is 4.57 Å². The van der Waals surface area contributed by atoms with Crippen LogP contribution in [0, 0.1) is 5.82 Å². The van der Waals surface area contributed by atoms with Gasteiger partial charge in [0.25, 0.3) is 8.32 Å². The number of aryl methyl sites for hydroxylation is 2. The molecule has 0 aliphatic carbocycles. The van der Waals surface area contributed by atoms with Gasteiger partial charge in [0.2, 0.25) is 0 Å². The molecule has 1 saturated heterocycles. The summed E-state index contributed by atoms with van der Waals surface area (Å²) >= 11 is 0. The number of benzene rings is 3. The van der Waals surface area contributed by atoms with Crippen LogP contribution in [0.15, 0.2) is 97.6 Å². The summed E-state index contributed by atoms with van der Waals surface area (Å²) in [5.74, 6) is -0.279.